The Morgan fingerprint density at radius 3 is 2.63 bits per heavy atom. The van der Waals surface area contributed by atoms with E-state index < -0.39 is 11.9 Å². The van der Waals surface area contributed by atoms with E-state index in [1.165, 1.54) is 0 Å². The minimum atomic E-state index is -0.935. The molecule has 3 aromatic carbocycles. The van der Waals surface area contributed by atoms with Crippen molar-refractivity contribution in [1.29, 1.82) is 0 Å². The predicted octanol–water partition coefficient (Wildman–Crippen LogP) is 3.70. The highest BCUT2D eigenvalue weighted by Crippen LogP contribution is 2.21. The van der Waals surface area contributed by atoms with Crippen LogP contribution in [0.25, 0.3) is 16.5 Å². The number of imidazole rings is 1. The van der Waals surface area contributed by atoms with Gasteiger partial charge in [-0.05, 0) is 41.0 Å². The zero-order valence-electron chi connectivity index (χ0n) is 16.2. The molecule has 0 radical (unpaired) electrons. The number of carbonyl (C=O) groups is 2. The predicted molar refractivity (Wildman–Crippen MR) is 115 cm³/mol. The number of benzene rings is 3. The highest BCUT2D eigenvalue weighted by molar-refractivity contribution is 5.95. The monoisotopic (exact) mass is 399 g/mol. The number of amides is 1. The van der Waals surface area contributed by atoms with Crippen molar-refractivity contribution in [2.45, 2.75) is 6.42 Å². The lowest BCUT2D eigenvalue weighted by atomic mass is 9.94. The number of nitrogens with zero attached hydrogens (tertiary/aromatic N) is 2. The average Bonchev–Trinajstić information content (AvgIpc) is 3.31. The molecule has 0 saturated carbocycles. The van der Waals surface area contributed by atoms with Crippen LogP contribution in [0.15, 0.2) is 85.5 Å². The zero-order chi connectivity index (χ0) is 20.9. The lowest BCUT2D eigenvalue weighted by Gasteiger charge is -2.15. The summed E-state index contributed by atoms with van der Waals surface area (Å²) in [7, 11) is 0. The molecular weight excluding hydrogens is 378 g/mol. The number of aromatic nitrogens is 2. The van der Waals surface area contributed by atoms with Gasteiger partial charge in [-0.15, -0.1) is 0 Å². The van der Waals surface area contributed by atoms with Gasteiger partial charge in [0.25, 0.3) is 5.91 Å². The van der Waals surface area contributed by atoms with Crippen molar-refractivity contribution in [2.75, 3.05) is 6.54 Å². The van der Waals surface area contributed by atoms with Crippen LogP contribution in [0.5, 0.6) is 0 Å². The summed E-state index contributed by atoms with van der Waals surface area (Å²) < 4.78 is 1.80. The Morgan fingerprint density at radius 2 is 1.83 bits per heavy atom. The standard InChI is InChI=1S/C24H21N3O3/c28-23(19-8-4-9-21(14-19)27-12-11-25-16-27)26-15-20(24(29)30)13-18-7-3-6-17-5-1-2-10-22(17)18/h1-12,14,16,20H,13,15H2,(H,26,28)(H,29,30). The maximum atomic E-state index is 12.6. The van der Waals surface area contributed by atoms with Crippen LogP contribution in [0, 0.1) is 5.92 Å². The molecule has 0 aliphatic heterocycles. The van der Waals surface area contributed by atoms with Crippen LogP contribution < -0.4 is 5.32 Å². The third-order valence-corrected chi connectivity index (χ3v) is 5.12. The van der Waals surface area contributed by atoms with Crippen LogP contribution >= 0.6 is 0 Å². The third kappa shape index (κ3) is 4.22. The Hall–Kier alpha value is -3.93. The molecule has 0 bridgehead atoms. The highest BCUT2D eigenvalue weighted by Gasteiger charge is 2.20. The molecule has 4 rings (SSSR count). The quantitative estimate of drug-likeness (QED) is 0.496. The van der Waals surface area contributed by atoms with Crippen molar-refractivity contribution in [2.24, 2.45) is 5.92 Å². The van der Waals surface area contributed by atoms with Crippen LogP contribution in [-0.4, -0.2) is 33.1 Å². The number of nitrogens with one attached hydrogen (secondary N) is 1. The maximum absolute atomic E-state index is 12.6. The van der Waals surface area contributed by atoms with E-state index in [1.54, 1.807) is 41.5 Å². The average molecular weight is 399 g/mol. The summed E-state index contributed by atoms with van der Waals surface area (Å²) in [6.07, 6.45) is 5.45. The molecule has 1 aromatic heterocycles. The second kappa shape index (κ2) is 8.61. The first-order valence-electron chi connectivity index (χ1n) is 9.68. The van der Waals surface area contributed by atoms with E-state index in [0.29, 0.717) is 12.0 Å². The van der Waals surface area contributed by atoms with Crippen molar-refractivity contribution >= 4 is 22.6 Å². The fourth-order valence-corrected chi connectivity index (χ4v) is 3.52. The molecule has 1 heterocycles. The van der Waals surface area contributed by atoms with Gasteiger partial charge in [0.15, 0.2) is 0 Å². The second-order valence-corrected chi connectivity index (χ2v) is 7.11. The van der Waals surface area contributed by atoms with Crippen LogP contribution in [-0.2, 0) is 11.2 Å². The van der Waals surface area contributed by atoms with E-state index in [9.17, 15) is 14.7 Å². The molecule has 150 valence electrons. The van der Waals surface area contributed by atoms with Gasteiger partial charge in [0.05, 0.1) is 12.2 Å². The Kier molecular flexibility index (Phi) is 5.57. The lowest BCUT2D eigenvalue weighted by molar-refractivity contribution is -0.141. The second-order valence-electron chi connectivity index (χ2n) is 7.11. The van der Waals surface area contributed by atoms with Crippen molar-refractivity contribution in [1.82, 2.24) is 14.9 Å². The summed E-state index contributed by atoms with van der Waals surface area (Å²) in [5, 5.41) is 14.6. The summed E-state index contributed by atoms with van der Waals surface area (Å²) in [6.45, 7) is 0.0483. The van der Waals surface area contributed by atoms with Crippen molar-refractivity contribution in [3.05, 3.63) is 96.6 Å². The first-order chi connectivity index (χ1) is 14.6. The van der Waals surface area contributed by atoms with Crippen LogP contribution in [0.4, 0.5) is 0 Å². The van der Waals surface area contributed by atoms with Crippen molar-refractivity contribution < 1.29 is 14.7 Å². The number of carbonyl (C=O) groups excluding carboxylic acids is 1. The normalized spacial score (nSPS) is 11.9. The molecule has 30 heavy (non-hydrogen) atoms. The molecule has 1 atom stereocenters. The fraction of sp³-hybridized carbons (Fsp3) is 0.125. The van der Waals surface area contributed by atoms with Crippen LogP contribution in [0.3, 0.4) is 0 Å². The van der Waals surface area contributed by atoms with Gasteiger partial charge in [0.1, 0.15) is 0 Å². The number of carboxylic acids is 1. The number of aliphatic carboxylic acids is 1. The van der Waals surface area contributed by atoms with Crippen LogP contribution in [0.2, 0.25) is 0 Å². The summed E-state index contributed by atoms with van der Waals surface area (Å²) in [5.74, 6) is -1.96. The molecule has 0 aliphatic carbocycles. The van der Waals surface area contributed by atoms with Crippen LogP contribution in [0.1, 0.15) is 15.9 Å². The zero-order valence-corrected chi connectivity index (χ0v) is 16.2. The number of rotatable bonds is 7. The Morgan fingerprint density at radius 1 is 1.03 bits per heavy atom. The number of hydrogen-bond acceptors (Lipinski definition) is 3. The Bertz CT molecular complexity index is 1180. The minimum absolute atomic E-state index is 0.0483. The van der Waals surface area contributed by atoms with E-state index in [4.69, 9.17) is 0 Å². The molecule has 6 nitrogen and oxygen atoms in total. The molecular formula is C24H21N3O3. The van der Waals surface area contributed by atoms with Crippen molar-refractivity contribution in [3.8, 4) is 5.69 Å². The number of hydrogen-bond donors (Lipinski definition) is 2. The molecule has 0 spiro atoms. The van der Waals surface area contributed by atoms with Gasteiger partial charge in [0, 0.05) is 30.2 Å². The summed E-state index contributed by atoms with van der Waals surface area (Å²) >= 11 is 0. The summed E-state index contributed by atoms with van der Waals surface area (Å²) in [5.41, 5.74) is 2.23. The van der Waals surface area contributed by atoms with Gasteiger partial charge in [-0.1, -0.05) is 48.5 Å². The summed E-state index contributed by atoms with van der Waals surface area (Å²) in [4.78, 5) is 28.5. The van der Waals surface area contributed by atoms with Crippen molar-refractivity contribution in [3.63, 3.8) is 0 Å². The van der Waals surface area contributed by atoms with Gasteiger partial charge in [-0.25, -0.2) is 4.98 Å². The molecule has 2 N–H and O–H groups in total. The van der Waals surface area contributed by atoms with E-state index in [1.807, 2.05) is 48.5 Å². The lowest BCUT2D eigenvalue weighted by Crippen LogP contribution is -2.34. The first-order valence-corrected chi connectivity index (χ1v) is 9.68. The van der Waals surface area contributed by atoms with Gasteiger partial charge < -0.3 is 15.0 Å². The minimum Gasteiger partial charge on any atom is -0.481 e. The topological polar surface area (TPSA) is 84.2 Å². The maximum Gasteiger partial charge on any atom is 0.308 e. The molecule has 6 heteroatoms. The van der Waals surface area contributed by atoms with Gasteiger partial charge in [-0.3, -0.25) is 9.59 Å². The van der Waals surface area contributed by atoms with E-state index in [-0.39, 0.29) is 12.5 Å². The fourth-order valence-electron chi connectivity index (χ4n) is 3.52. The molecule has 4 aromatic rings. The SMILES string of the molecule is O=C(NCC(Cc1cccc2ccccc12)C(=O)O)c1cccc(-n2ccnc2)c1. The van der Waals surface area contributed by atoms with E-state index >= 15 is 0 Å². The van der Waals surface area contributed by atoms with E-state index in [2.05, 4.69) is 10.3 Å². The first kappa shape index (κ1) is 19.4. The highest BCUT2D eigenvalue weighted by atomic mass is 16.4. The molecule has 0 aliphatic rings. The smallest absolute Gasteiger partial charge is 0.308 e. The molecule has 1 amide bonds. The third-order valence-electron chi connectivity index (χ3n) is 5.12. The Balaban J connectivity index is 1.47. The van der Waals surface area contributed by atoms with Gasteiger partial charge in [0.2, 0.25) is 0 Å². The number of fused-ring (bicyclic) bond motifs is 1. The molecule has 0 fully saturated rings. The number of carboxylic acid groups (broad SMARTS) is 1. The molecule has 1 unspecified atom stereocenters. The van der Waals surface area contributed by atoms with Gasteiger partial charge in [-0.2, -0.15) is 0 Å². The van der Waals surface area contributed by atoms with Gasteiger partial charge >= 0.3 is 5.97 Å². The Labute approximate surface area is 173 Å². The largest absolute Gasteiger partial charge is 0.481 e. The molecule has 0 saturated heterocycles. The van der Waals surface area contributed by atoms with E-state index in [0.717, 1.165) is 22.0 Å². The summed E-state index contributed by atoms with van der Waals surface area (Å²) in [6, 6.07) is 20.9.